The Kier molecular flexibility index (Phi) is 4.40. The summed E-state index contributed by atoms with van der Waals surface area (Å²) >= 11 is 3.25. The molecule has 0 heterocycles. The fraction of sp³-hybridized carbons (Fsp3) is 0.0769. The van der Waals surface area contributed by atoms with Gasteiger partial charge in [-0.25, -0.2) is 16.8 Å². The van der Waals surface area contributed by atoms with E-state index >= 15 is 0 Å². The molecule has 0 aromatic heterocycles. The highest BCUT2D eigenvalue weighted by Crippen LogP contribution is 2.24. The van der Waals surface area contributed by atoms with Gasteiger partial charge in [0.1, 0.15) is 4.90 Å². The molecule has 2 aromatic carbocycles. The van der Waals surface area contributed by atoms with E-state index in [1.165, 1.54) is 24.3 Å². The zero-order valence-electron chi connectivity index (χ0n) is 10.9. The lowest BCUT2D eigenvalue weighted by molar-refractivity contribution is 0.588. The first-order valence-corrected chi connectivity index (χ1v) is 9.94. The highest BCUT2D eigenvalue weighted by Gasteiger charge is 2.23. The van der Waals surface area contributed by atoms with E-state index in [9.17, 15) is 16.8 Å². The lowest BCUT2D eigenvalue weighted by Crippen LogP contribution is -2.16. The first-order valence-electron chi connectivity index (χ1n) is 5.77. The molecule has 5 nitrogen and oxygen atoms in total. The lowest BCUT2D eigenvalue weighted by Gasteiger charge is -2.11. The first-order chi connectivity index (χ1) is 9.70. The molecule has 2 rings (SSSR count). The van der Waals surface area contributed by atoms with Crippen molar-refractivity contribution < 1.29 is 16.8 Å². The molecule has 1 N–H and O–H groups in total. The van der Waals surface area contributed by atoms with Crippen molar-refractivity contribution in [3.8, 4) is 0 Å². The van der Waals surface area contributed by atoms with Crippen LogP contribution in [0.25, 0.3) is 0 Å². The topological polar surface area (TPSA) is 80.3 Å². The van der Waals surface area contributed by atoms with Gasteiger partial charge in [-0.2, -0.15) is 0 Å². The zero-order chi connectivity index (χ0) is 15.7. The van der Waals surface area contributed by atoms with Crippen LogP contribution in [0, 0.1) is 0 Å². The van der Waals surface area contributed by atoms with Crippen molar-refractivity contribution in [1.29, 1.82) is 0 Å². The Balaban J connectivity index is 2.48. The van der Waals surface area contributed by atoms with Crippen LogP contribution in [0.1, 0.15) is 0 Å². The van der Waals surface area contributed by atoms with Crippen molar-refractivity contribution in [2.75, 3.05) is 11.0 Å². The molecule has 0 fully saturated rings. The molecule has 0 radical (unpaired) electrons. The van der Waals surface area contributed by atoms with E-state index in [1.54, 1.807) is 24.3 Å². The van der Waals surface area contributed by atoms with Crippen LogP contribution in [0.5, 0.6) is 0 Å². The Labute approximate surface area is 132 Å². The number of hydrogen-bond acceptors (Lipinski definition) is 4. The molecule has 0 aliphatic heterocycles. The van der Waals surface area contributed by atoms with Gasteiger partial charge in [0.15, 0.2) is 9.84 Å². The highest BCUT2D eigenvalue weighted by molar-refractivity contribution is 9.10. The molecule has 2 aromatic rings. The first kappa shape index (κ1) is 16.0. The second-order valence-corrected chi connectivity index (χ2v) is 8.88. The van der Waals surface area contributed by atoms with Crippen molar-refractivity contribution >= 4 is 41.5 Å². The Bertz CT molecular complexity index is 859. The van der Waals surface area contributed by atoms with Gasteiger partial charge in [-0.05, 0) is 36.4 Å². The van der Waals surface area contributed by atoms with Crippen LogP contribution < -0.4 is 4.72 Å². The normalized spacial score (nSPS) is 12.1. The largest absolute Gasteiger partial charge is 0.280 e. The van der Waals surface area contributed by atoms with Gasteiger partial charge < -0.3 is 0 Å². The molecule has 0 spiro atoms. The predicted octanol–water partition coefficient (Wildman–Crippen LogP) is 2.65. The quantitative estimate of drug-likeness (QED) is 0.871. The van der Waals surface area contributed by atoms with Crippen molar-refractivity contribution in [3.63, 3.8) is 0 Å². The predicted molar refractivity (Wildman–Crippen MR) is 84.5 cm³/mol. The maximum atomic E-state index is 12.4. The van der Waals surface area contributed by atoms with Crippen molar-refractivity contribution in [3.05, 3.63) is 53.0 Å². The van der Waals surface area contributed by atoms with Crippen LogP contribution in [0.15, 0.2) is 62.8 Å². The van der Waals surface area contributed by atoms with E-state index in [0.717, 1.165) is 10.7 Å². The van der Waals surface area contributed by atoms with Crippen LogP contribution in [-0.4, -0.2) is 23.1 Å². The molecule has 0 aliphatic rings. The maximum absolute atomic E-state index is 12.4. The molecule has 0 aliphatic carbocycles. The van der Waals surface area contributed by atoms with E-state index in [2.05, 4.69) is 20.7 Å². The third-order valence-corrected chi connectivity index (χ3v) is 5.89. The summed E-state index contributed by atoms with van der Waals surface area (Å²) in [6, 6.07) is 12.0. The second-order valence-electron chi connectivity index (χ2n) is 4.33. The monoisotopic (exact) mass is 389 g/mol. The van der Waals surface area contributed by atoms with E-state index in [-0.39, 0.29) is 9.79 Å². The Morgan fingerprint density at radius 1 is 0.857 bits per heavy atom. The molecule has 112 valence electrons. The van der Waals surface area contributed by atoms with Gasteiger partial charge >= 0.3 is 0 Å². The van der Waals surface area contributed by atoms with E-state index in [1.807, 2.05) is 0 Å². The van der Waals surface area contributed by atoms with Gasteiger partial charge in [0, 0.05) is 16.4 Å². The van der Waals surface area contributed by atoms with Crippen LogP contribution in [0.2, 0.25) is 0 Å². The average molecular weight is 390 g/mol. The average Bonchev–Trinajstić information content (AvgIpc) is 2.40. The number of hydrogen-bond donors (Lipinski definition) is 1. The summed E-state index contributed by atoms with van der Waals surface area (Å²) < 4.78 is 51.3. The summed E-state index contributed by atoms with van der Waals surface area (Å²) in [5, 5.41) is 0. The van der Waals surface area contributed by atoms with E-state index in [4.69, 9.17) is 0 Å². The molecule has 0 saturated carbocycles. The maximum Gasteiger partial charge on any atom is 0.263 e. The summed E-state index contributed by atoms with van der Waals surface area (Å²) in [7, 11) is -7.63. The minimum absolute atomic E-state index is 0.227. The molecule has 0 unspecified atom stereocenters. The minimum atomic E-state index is -3.98. The molecule has 21 heavy (non-hydrogen) atoms. The third kappa shape index (κ3) is 3.84. The number of sulfone groups is 1. The Morgan fingerprint density at radius 2 is 1.38 bits per heavy atom. The van der Waals surface area contributed by atoms with E-state index < -0.39 is 19.9 Å². The summed E-state index contributed by atoms with van der Waals surface area (Å²) in [5.41, 5.74) is 0.349. The van der Waals surface area contributed by atoms with Crippen LogP contribution in [0.4, 0.5) is 5.69 Å². The molecule has 0 amide bonds. The number of benzene rings is 2. The fourth-order valence-corrected chi connectivity index (χ4v) is 4.66. The summed E-state index contributed by atoms with van der Waals surface area (Å²) in [6.07, 6.45) is 0.973. The number of rotatable bonds is 4. The van der Waals surface area contributed by atoms with Crippen molar-refractivity contribution in [2.24, 2.45) is 0 Å². The van der Waals surface area contributed by atoms with E-state index in [0.29, 0.717) is 5.69 Å². The number of nitrogens with one attached hydrogen (secondary N) is 1. The van der Waals surface area contributed by atoms with Gasteiger partial charge in [-0.3, -0.25) is 4.72 Å². The summed E-state index contributed by atoms with van der Waals surface area (Å²) in [4.78, 5) is -0.495. The van der Waals surface area contributed by atoms with Gasteiger partial charge in [0.25, 0.3) is 10.0 Å². The SMILES string of the molecule is CS(=O)(=O)c1ccccc1S(=O)(=O)Nc1ccc(Br)cc1. The van der Waals surface area contributed by atoms with Crippen molar-refractivity contribution in [1.82, 2.24) is 0 Å². The second kappa shape index (κ2) is 5.78. The van der Waals surface area contributed by atoms with Gasteiger partial charge in [0.2, 0.25) is 0 Å². The van der Waals surface area contributed by atoms with Gasteiger partial charge in [-0.15, -0.1) is 0 Å². The summed E-state index contributed by atoms with van der Waals surface area (Å²) in [5.74, 6) is 0. The highest BCUT2D eigenvalue weighted by atomic mass is 79.9. The molecular weight excluding hydrogens is 378 g/mol. The van der Waals surface area contributed by atoms with Gasteiger partial charge in [-0.1, -0.05) is 28.1 Å². The van der Waals surface area contributed by atoms with Crippen LogP contribution >= 0.6 is 15.9 Å². The molecule has 0 bridgehead atoms. The van der Waals surface area contributed by atoms with Crippen LogP contribution in [-0.2, 0) is 19.9 Å². The number of halogens is 1. The van der Waals surface area contributed by atoms with Crippen LogP contribution in [0.3, 0.4) is 0 Å². The minimum Gasteiger partial charge on any atom is -0.280 e. The fourth-order valence-electron chi connectivity index (χ4n) is 1.71. The standard InChI is InChI=1S/C13H12BrNO4S2/c1-20(16,17)12-4-2-3-5-13(12)21(18,19)15-11-8-6-10(14)7-9-11/h2-9,15H,1H3. The smallest absolute Gasteiger partial charge is 0.263 e. The summed E-state index contributed by atoms with van der Waals surface area (Å²) in [6.45, 7) is 0. The lowest BCUT2D eigenvalue weighted by atomic mass is 10.3. The Hall–Kier alpha value is -1.38. The van der Waals surface area contributed by atoms with Crippen molar-refractivity contribution in [2.45, 2.75) is 9.79 Å². The third-order valence-electron chi connectivity index (χ3n) is 2.63. The molecular formula is C13H12BrNO4S2. The van der Waals surface area contributed by atoms with Gasteiger partial charge in [0.05, 0.1) is 4.90 Å². The molecule has 0 saturated heterocycles. The zero-order valence-corrected chi connectivity index (χ0v) is 14.2. The Morgan fingerprint density at radius 3 is 1.90 bits per heavy atom. The molecule has 8 heteroatoms. The number of anilines is 1. The number of sulfonamides is 1. The molecule has 0 atom stereocenters.